The topological polar surface area (TPSA) is 69.6 Å². The summed E-state index contributed by atoms with van der Waals surface area (Å²) < 4.78 is 0. The summed E-state index contributed by atoms with van der Waals surface area (Å²) in [6, 6.07) is 5.16. The van der Waals surface area contributed by atoms with E-state index in [0.29, 0.717) is 12.1 Å². The fourth-order valence-corrected chi connectivity index (χ4v) is 1.86. The first-order chi connectivity index (χ1) is 8.08. The number of phenolic OH excluding ortho intramolecular Hbond substituents is 1. The van der Waals surface area contributed by atoms with Crippen molar-refractivity contribution < 1.29 is 15.0 Å². The number of anilines is 1. The third-order valence-electron chi connectivity index (χ3n) is 2.77. The van der Waals surface area contributed by atoms with Crippen LogP contribution in [0.15, 0.2) is 18.2 Å². The highest BCUT2D eigenvalue weighted by Gasteiger charge is 2.11. The smallest absolute Gasteiger partial charge is 0.221 e. The molecule has 4 heteroatoms. The molecule has 3 N–H and O–H groups in total. The Kier molecular flexibility index (Phi) is 4.97. The molecular formula is C13H19NO3. The maximum Gasteiger partial charge on any atom is 0.221 e. The Labute approximate surface area is 101 Å². The summed E-state index contributed by atoms with van der Waals surface area (Å²) in [6.45, 7) is 3.58. The number of rotatable bonds is 5. The molecule has 4 nitrogen and oxygen atoms in total. The minimum Gasteiger partial charge on any atom is -0.506 e. The highest BCUT2D eigenvalue weighted by Crippen LogP contribution is 2.30. The predicted octanol–water partition coefficient (Wildman–Crippen LogP) is 2.23. The Morgan fingerprint density at radius 1 is 1.47 bits per heavy atom. The number of nitrogens with one attached hydrogen (secondary N) is 1. The average Bonchev–Trinajstić information content (AvgIpc) is 2.28. The SMILES string of the molecule is CCC(CCO)c1ccc(O)c(NC(C)=O)c1. The van der Waals surface area contributed by atoms with Crippen LogP contribution in [0.25, 0.3) is 0 Å². The van der Waals surface area contributed by atoms with Crippen molar-refractivity contribution in [3.63, 3.8) is 0 Å². The summed E-state index contributed by atoms with van der Waals surface area (Å²) in [5.41, 5.74) is 1.44. The van der Waals surface area contributed by atoms with Crippen LogP contribution in [0.2, 0.25) is 0 Å². The van der Waals surface area contributed by atoms with Gasteiger partial charge in [0, 0.05) is 13.5 Å². The van der Waals surface area contributed by atoms with Gasteiger partial charge in [0.2, 0.25) is 5.91 Å². The highest BCUT2D eigenvalue weighted by molar-refractivity contribution is 5.90. The van der Waals surface area contributed by atoms with Gasteiger partial charge in [-0.2, -0.15) is 0 Å². The fourth-order valence-electron chi connectivity index (χ4n) is 1.86. The van der Waals surface area contributed by atoms with Gasteiger partial charge in [0.1, 0.15) is 5.75 Å². The fraction of sp³-hybridized carbons (Fsp3) is 0.462. The second kappa shape index (κ2) is 6.25. The van der Waals surface area contributed by atoms with Gasteiger partial charge in [-0.25, -0.2) is 0 Å². The number of hydrogen-bond acceptors (Lipinski definition) is 3. The van der Waals surface area contributed by atoms with Crippen molar-refractivity contribution in [2.45, 2.75) is 32.6 Å². The molecule has 1 rings (SSSR count). The van der Waals surface area contributed by atoms with Crippen molar-refractivity contribution in [2.75, 3.05) is 11.9 Å². The Morgan fingerprint density at radius 2 is 2.18 bits per heavy atom. The summed E-state index contributed by atoms with van der Waals surface area (Å²) in [4.78, 5) is 11.0. The van der Waals surface area contributed by atoms with E-state index in [4.69, 9.17) is 5.11 Å². The number of carbonyl (C=O) groups is 1. The van der Waals surface area contributed by atoms with Crippen molar-refractivity contribution in [3.8, 4) is 5.75 Å². The van der Waals surface area contributed by atoms with Gasteiger partial charge in [-0.3, -0.25) is 4.79 Å². The van der Waals surface area contributed by atoms with Gasteiger partial charge in [-0.05, 0) is 36.5 Å². The van der Waals surface area contributed by atoms with E-state index in [1.165, 1.54) is 6.92 Å². The lowest BCUT2D eigenvalue weighted by atomic mass is 9.93. The summed E-state index contributed by atoms with van der Waals surface area (Å²) in [5, 5.41) is 21.2. The quantitative estimate of drug-likeness (QED) is 0.688. The zero-order valence-corrected chi connectivity index (χ0v) is 10.2. The van der Waals surface area contributed by atoms with Crippen LogP contribution in [0.1, 0.15) is 38.2 Å². The average molecular weight is 237 g/mol. The van der Waals surface area contributed by atoms with Crippen LogP contribution < -0.4 is 5.32 Å². The van der Waals surface area contributed by atoms with Gasteiger partial charge in [0.25, 0.3) is 0 Å². The molecule has 0 saturated carbocycles. The Balaban J connectivity index is 2.97. The molecule has 1 aromatic rings. The number of phenols is 1. The number of aliphatic hydroxyl groups excluding tert-OH is 1. The maximum atomic E-state index is 11.0. The summed E-state index contributed by atoms with van der Waals surface area (Å²) in [5.74, 6) is 0.0866. The molecule has 1 amide bonds. The van der Waals surface area contributed by atoms with E-state index in [1.54, 1.807) is 12.1 Å². The molecule has 0 saturated heterocycles. The summed E-state index contributed by atoms with van der Waals surface area (Å²) in [7, 11) is 0. The zero-order valence-electron chi connectivity index (χ0n) is 10.2. The van der Waals surface area contributed by atoms with Crippen LogP contribution in [-0.4, -0.2) is 22.7 Å². The molecule has 0 radical (unpaired) electrons. The molecular weight excluding hydrogens is 218 g/mol. The van der Waals surface area contributed by atoms with E-state index in [9.17, 15) is 9.90 Å². The minimum atomic E-state index is -0.215. The molecule has 1 atom stereocenters. The van der Waals surface area contributed by atoms with Crippen LogP contribution in [0.3, 0.4) is 0 Å². The molecule has 0 heterocycles. The van der Waals surface area contributed by atoms with Crippen LogP contribution in [0.4, 0.5) is 5.69 Å². The van der Waals surface area contributed by atoms with Crippen LogP contribution >= 0.6 is 0 Å². The number of aromatic hydroxyl groups is 1. The third kappa shape index (κ3) is 3.75. The molecule has 17 heavy (non-hydrogen) atoms. The van der Waals surface area contributed by atoms with Crippen LogP contribution in [-0.2, 0) is 4.79 Å². The number of aliphatic hydroxyl groups is 1. The predicted molar refractivity (Wildman–Crippen MR) is 67.1 cm³/mol. The second-order valence-corrected chi connectivity index (χ2v) is 4.08. The monoisotopic (exact) mass is 237 g/mol. The van der Waals surface area contributed by atoms with Gasteiger partial charge in [0.15, 0.2) is 0 Å². The van der Waals surface area contributed by atoms with Gasteiger partial charge in [-0.15, -0.1) is 0 Å². The summed E-state index contributed by atoms with van der Waals surface area (Å²) in [6.07, 6.45) is 1.59. The third-order valence-corrected chi connectivity index (χ3v) is 2.77. The molecule has 1 unspecified atom stereocenters. The first-order valence-corrected chi connectivity index (χ1v) is 5.79. The van der Waals surface area contributed by atoms with Gasteiger partial charge < -0.3 is 15.5 Å². The number of amides is 1. The Bertz CT molecular complexity index is 390. The van der Waals surface area contributed by atoms with Gasteiger partial charge in [-0.1, -0.05) is 13.0 Å². The molecule has 1 aromatic carbocycles. The lowest BCUT2D eigenvalue weighted by molar-refractivity contribution is -0.114. The van der Waals surface area contributed by atoms with Crippen molar-refractivity contribution in [3.05, 3.63) is 23.8 Å². The number of hydrogen-bond donors (Lipinski definition) is 3. The van der Waals surface area contributed by atoms with Crippen molar-refractivity contribution >= 4 is 11.6 Å². The van der Waals surface area contributed by atoms with E-state index in [0.717, 1.165) is 12.0 Å². The molecule has 0 fully saturated rings. The van der Waals surface area contributed by atoms with E-state index in [-0.39, 0.29) is 24.2 Å². The van der Waals surface area contributed by atoms with Crippen LogP contribution in [0, 0.1) is 0 Å². The van der Waals surface area contributed by atoms with Crippen molar-refractivity contribution in [1.29, 1.82) is 0 Å². The molecule has 0 aromatic heterocycles. The maximum absolute atomic E-state index is 11.0. The first kappa shape index (κ1) is 13.5. The van der Waals surface area contributed by atoms with Gasteiger partial charge >= 0.3 is 0 Å². The van der Waals surface area contributed by atoms with Crippen molar-refractivity contribution in [2.24, 2.45) is 0 Å². The minimum absolute atomic E-state index is 0.0581. The normalized spacial score (nSPS) is 12.2. The molecule has 0 aliphatic heterocycles. The Morgan fingerprint density at radius 3 is 2.71 bits per heavy atom. The molecule has 94 valence electrons. The first-order valence-electron chi connectivity index (χ1n) is 5.79. The largest absolute Gasteiger partial charge is 0.506 e. The molecule has 0 aliphatic rings. The van der Waals surface area contributed by atoms with Gasteiger partial charge in [0.05, 0.1) is 5.69 Å². The molecule has 0 bridgehead atoms. The molecule has 0 aliphatic carbocycles. The number of carbonyl (C=O) groups excluding carboxylic acids is 1. The van der Waals surface area contributed by atoms with E-state index in [1.807, 2.05) is 13.0 Å². The highest BCUT2D eigenvalue weighted by atomic mass is 16.3. The van der Waals surface area contributed by atoms with Crippen molar-refractivity contribution in [1.82, 2.24) is 0 Å². The van der Waals surface area contributed by atoms with Crippen LogP contribution in [0.5, 0.6) is 5.75 Å². The van der Waals surface area contributed by atoms with E-state index >= 15 is 0 Å². The molecule has 0 spiro atoms. The lowest BCUT2D eigenvalue weighted by Gasteiger charge is -2.16. The second-order valence-electron chi connectivity index (χ2n) is 4.08. The standard InChI is InChI=1S/C13H19NO3/c1-3-10(6-7-15)11-4-5-13(17)12(8-11)14-9(2)16/h4-5,8,10,15,17H,3,6-7H2,1-2H3,(H,14,16). The van der Waals surface area contributed by atoms with E-state index < -0.39 is 0 Å². The Hall–Kier alpha value is -1.55. The lowest BCUT2D eigenvalue weighted by Crippen LogP contribution is -2.07. The van der Waals surface area contributed by atoms with E-state index in [2.05, 4.69) is 5.32 Å². The zero-order chi connectivity index (χ0) is 12.8. The number of benzene rings is 1. The summed E-state index contributed by atoms with van der Waals surface area (Å²) >= 11 is 0.